The Morgan fingerprint density at radius 1 is 1.30 bits per heavy atom. The Balaban J connectivity index is 2.04. The first-order valence-electron chi connectivity index (χ1n) is 6.12. The van der Waals surface area contributed by atoms with Crippen LogP contribution in [0.1, 0.15) is 21.6 Å². The average Bonchev–Trinajstić information content (AvgIpc) is 2.44. The second-order valence-electron chi connectivity index (χ2n) is 4.38. The van der Waals surface area contributed by atoms with Crippen molar-refractivity contribution in [3.63, 3.8) is 0 Å². The maximum absolute atomic E-state index is 11.9. The molecule has 2 aromatic rings. The van der Waals surface area contributed by atoms with Gasteiger partial charge in [0.15, 0.2) is 0 Å². The molecule has 1 aromatic carbocycles. The minimum absolute atomic E-state index is 0.0872. The van der Waals surface area contributed by atoms with Crippen LogP contribution in [0.5, 0.6) is 5.88 Å². The van der Waals surface area contributed by atoms with Gasteiger partial charge in [0.05, 0.1) is 18.4 Å². The van der Waals surface area contributed by atoms with Crippen molar-refractivity contribution in [3.8, 4) is 5.88 Å². The molecule has 5 nitrogen and oxygen atoms in total. The third kappa shape index (κ3) is 3.47. The summed E-state index contributed by atoms with van der Waals surface area (Å²) >= 11 is 0. The van der Waals surface area contributed by atoms with Crippen LogP contribution in [0.15, 0.2) is 36.4 Å². The number of nitrogens with two attached hydrogens (primary N) is 1. The molecule has 5 heteroatoms. The third-order valence-electron chi connectivity index (χ3n) is 2.68. The van der Waals surface area contributed by atoms with E-state index in [0.717, 1.165) is 5.56 Å². The molecule has 1 aromatic heterocycles. The van der Waals surface area contributed by atoms with Gasteiger partial charge in [-0.05, 0) is 36.8 Å². The molecule has 20 heavy (non-hydrogen) atoms. The topological polar surface area (TPSA) is 74.4 Å². The van der Waals surface area contributed by atoms with Crippen molar-refractivity contribution in [1.82, 2.24) is 4.98 Å². The van der Waals surface area contributed by atoms with Crippen molar-refractivity contribution in [2.24, 2.45) is 0 Å². The molecule has 0 amide bonds. The Hall–Kier alpha value is -2.56. The molecule has 0 aliphatic heterocycles. The van der Waals surface area contributed by atoms with Crippen LogP contribution in [0.3, 0.4) is 0 Å². The molecule has 0 saturated heterocycles. The van der Waals surface area contributed by atoms with Gasteiger partial charge < -0.3 is 15.2 Å². The average molecular weight is 272 g/mol. The van der Waals surface area contributed by atoms with Crippen LogP contribution >= 0.6 is 0 Å². The lowest BCUT2D eigenvalue weighted by Gasteiger charge is -2.07. The molecule has 0 bridgehead atoms. The summed E-state index contributed by atoms with van der Waals surface area (Å²) in [5, 5.41) is 0. The molecule has 0 aliphatic carbocycles. The smallest absolute Gasteiger partial charge is 0.338 e. The third-order valence-corrected chi connectivity index (χ3v) is 2.68. The van der Waals surface area contributed by atoms with Gasteiger partial charge in [-0.2, -0.15) is 0 Å². The zero-order valence-corrected chi connectivity index (χ0v) is 11.4. The number of aryl methyl sites for hydroxylation is 1. The number of pyridine rings is 1. The van der Waals surface area contributed by atoms with Gasteiger partial charge in [0.2, 0.25) is 5.88 Å². The Labute approximate surface area is 117 Å². The second-order valence-corrected chi connectivity index (χ2v) is 4.38. The highest BCUT2D eigenvalue weighted by Gasteiger charge is 2.09. The first-order chi connectivity index (χ1) is 9.58. The molecule has 2 N–H and O–H groups in total. The number of anilines is 1. The zero-order valence-electron chi connectivity index (χ0n) is 11.4. The van der Waals surface area contributed by atoms with Gasteiger partial charge >= 0.3 is 5.97 Å². The number of benzene rings is 1. The quantitative estimate of drug-likeness (QED) is 0.683. The van der Waals surface area contributed by atoms with E-state index in [1.165, 1.54) is 7.11 Å². The Bertz CT molecular complexity index is 606. The van der Waals surface area contributed by atoms with Gasteiger partial charge in [0, 0.05) is 11.8 Å². The molecule has 104 valence electrons. The van der Waals surface area contributed by atoms with E-state index in [1.807, 2.05) is 6.92 Å². The molecule has 1 heterocycles. The maximum atomic E-state index is 11.9. The molecule has 0 spiro atoms. The van der Waals surface area contributed by atoms with Crippen LogP contribution in [0.4, 0.5) is 5.69 Å². The normalized spacial score (nSPS) is 10.1. The Morgan fingerprint density at radius 3 is 2.80 bits per heavy atom. The Morgan fingerprint density at radius 2 is 2.10 bits per heavy atom. The predicted octanol–water partition coefficient (Wildman–Crippen LogP) is 2.34. The summed E-state index contributed by atoms with van der Waals surface area (Å²) in [6, 6.07) is 10.4. The summed E-state index contributed by atoms with van der Waals surface area (Å²) in [4.78, 5) is 16.1. The van der Waals surface area contributed by atoms with Crippen LogP contribution in [0, 0.1) is 6.92 Å². The summed E-state index contributed by atoms with van der Waals surface area (Å²) < 4.78 is 10.2. The molecule has 2 rings (SSSR count). The fraction of sp³-hybridized carbons (Fsp3) is 0.200. The highest BCUT2D eigenvalue weighted by molar-refractivity contribution is 5.90. The van der Waals surface area contributed by atoms with E-state index in [2.05, 4.69) is 4.98 Å². The van der Waals surface area contributed by atoms with Crippen LogP contribution in [-0.2, 0) is 11.3 Å². The number of carbonyl (C=O) groups is 1. The van der Waals surface area contributed by atoms with Gasteiger partial charge in [0.25, 0.3) is 0 Å². The molecule has 0 radical (unpaired) electrons. The van der Waals surface area contributed by atoms with E-state index < -0.39 is 5.97 Å². The molecule has 0 aliphatic rings. The fourth-order valence-corrected chi connectivity index (χ4v) is 1.81. The van der Waals surface area contributed by atoms with Gasteiger partial charge in [-0.15, -0.1) is 0 Å². The number of ether oxygens (including phenoxy) is 2. The Kier molecular flexibility index (Phi) is 4.20. The number of carbonyl (C=O) groups excluding carboxylic acids is 1. The van der Waals surface area contributed by atoms with Crippen molar-refractivity contribution < 1.29 is 14.3 Å². The first-order valence-corrected chi connectivity index (χ1v) is 6.12. The minimum atomic E-state index is -0.426. The van der Waals surface area contributed by atoms with Crippen molar-refractivity contribution in [2.45, 2.75) is 13.5 Å². The monoisotopic (exact) mass is 272 g/mol. The van der Waals surface area contributed by atoms with Crippen LogP contribution in [-0.4, -0.2) is 18.1 Å². The van der Waals surface area contributed by atoms with E-state index in [4.69, 9.17) is 15.2 Å². The predicted molar refractivity (Wildman–Crippen MR) is 75.5 cm³/mol. The lowest BCUT2D eigenvalue weighted by atomic mass is 10.1. The lowest BCUT2D eigenvalue weighted by molar-refractivity contribution is 0.0467. The number of esters is 1. The highest BCUT2D eigenvalue weighted by atomic mass is 16.5. The molecule has 0 fully saturated rings. The van der Waals surface area contributed by atoms with Crippen LogP contribution < -0.4 is 10.5 Å². The molecule has 0 unspecified atom stereocenters. The van der Waals surface area contributed by atoms with Crippen molar-refractivity contribution in [3.05, 3.63) is 53.2 Å². The molecular weight excluding hydrogens is 256 g/mol. The number of methoxy groups -OCH3 is 1. The summed E-state index contributed by atoms with van der Waals surface area (Å²) in [6.07, 6.45) is 0. The van der Waals surface area contributed by atoms with Crippen LogP contribution in [0.2, 0.25) is 0 Å². The lowest BCUT2D eigenvalue weighted by Crippen LogP contribution is -2.07. The van der Waals surface area contributed by atoms with E-state index in [-0.39, 0.29) is 6.61 Å². The number of nitrogens with zero attached hydrogens (tertiary/aromatic N) is 1. The largest absolute Gasteiger partial charge is 0.481 e. The van der Waals surface area contributed by atoms with Gasteiger partial charge in [-0.25, -0.2) is 9.78 Å². The fourth-order valence-electron chi connectivity index (χ4n) is 1.81. The summed E-state index contributed by atoms with van der Waals surface area (Å²) in [5.41, 5.74) is 8.22. The van der Waals surface area contributed by atoms with Crippen molar-refractivity contribution in [2.75, 3.05) is 12.8 Å². The highest BCUT2D eigenvalue weighted by Crippen LogP contribution is 2.13. The minimum Gasteiger partial charge on any atom is -0.481 e. The van der Waals surface area contributed by atoms with E-state index in [1.54, 1.807) is 36.4 Å². The maximum Gasteiger partial charge on any atom is 0.338 e. The SMILES string of the molecule is COc1cccc(COC(=O)c2cc(C)cc(N)c2)n1. The van der Waals surface area contributed by atoms with E-state index in [0.29, 0.717) is 22.8 Å². The van der Waals surface area contributed by atoms with Crippen molar-refractivity contribution in [1.29, 1.82) is 0 Å². The first kappa shape index (κ1) is 13.9. The van der Waals surface area contributed by atoms with Gasteiger partial charge in [0.1, 0.15) is 6.61 Å². The zero-order chi connectivity index (χ0) is 14.5. The van der Waals surface area contributed by atoms with E-state index in [9.17, 15) is 4.79 Å². The summed E-state index contributed by atoms with van der Waals surface area (Å²) in [5.74, 6) is 0.0587. The number of aromatic nitrogens is 1. The van der Waals surface area contributed by atoms with Crippen LogP contribution in [0.25, 0.3) is 0 Å². The number of hydrogen-bond donors (Lipinski definition) is 1. The molecular formula is C15H16N2O3. The standard InChI is InChI=1S/C15H16N2O3/c1-10-6-11(8-12(16)7-10)15(18)20-9-13-4-3-5-14(17-13)19-2/h3-8H,9,16H2,1-2H3. The van der Waals surface area contributed by atoms with Gasteiger partial charge in [-0.1, -0.05) is 6.07 Å². The second kappa shape index (κ2) is 6.06. The molecule has 0 atom stereocenters. The van der Waals surface area contributed by atoms with E-state index >= 15 is 0 Å². The molecule has 0 saturated carbocycles. The number of hydrogen-bond acceptors (Lipinski definition) is 5. The summed E-state index contributed by atoms with van der Waals surface area (Å²) in [6.45, 7) is 1.96. The number of nitrogen functional groups attached to an aromatic ring is 1. The van der Waals surface area contributed by atoms with Crippen molar-refractivity contribution >= 4 is 11.7 Å². The number of rotatable bonds is 4. The van der Waals surface area contributed by atoms with Gasteiger partial charge in [-0.3, -0.25) is 0 Å². The summed E-state index contributed by atoms with van der Waals surface area (Å²) in [7, 11) is 1.54.